The summed E-state index contributed by atoms with van der Waals surface area (Å²) in [5.74, 6) is -0.392. The summed E-state index contributed by atoms with van der Waals surface area (Å²) in [7, 11) is 0. The summed E-state index contributed by atoms with van der Waals surface area (Å²) in [4.78, 5) is 14.9. The van der Waals surface area contributed by atoms with E-state index in [9.17, 15) is 12.6 Å². The molecule has 3 aromatic rings. The fraction of sp³-hybridized carbons (Fsp3) is 0.0588. The number of carbonyl (C=O) groups excluding carboxylic acids is 1. The molecule has 1 atom stereocenters. The monoisotopic (exact) mass is 436 g/mol. The Morgan fingerprint density at radius 2 is 1.92 bits per heavy atom. The van der Waals surface area contributed by atoms with Crippen LogP contribution in [0.3, 0.4) is 0 Å². The third kappa shape index (κ3) is 5.65. The predicted octanol–water partition coefficient (Wildman–Crippen LogP) is 2.51. The smallest absolute Gasteiger partial charge is 0.0791 e. The molecule has 0 bridgehead atoms. The first-order chi connectivity index (χ1) is 12.4. The molecule has 0 aliphatic rings. The van der Waals surface area contributed by atoms with Crippen LogP contribution in [0.2, 0.25) is 0 Å². The zero-order valence-corrected chi connectivity index (χ0v) is 16.5. The fourth-order valence-corrected chi connectivity index (χ4v) is 4.17. The number of hydrogen-bond donors (Lipinski definition) is 3. The van der Waals surface area contributed by atoms with E-state index in [2.05, 4.69) is 14.2 Å². The normalized spacial score (nSPS) is 12.4. The molecule has 3 rings (SSSR count). The molecule has 0 aliphatic carbocycles. The van der Waals surface area contributed by atoms with E-state index in [0.717, 1.165) is 5.56 Å². The third-order valence-corrected chi connectivity index (χ3v) is 6.22. The maximum atomic E-state index is 12.0. The number of aromatic nitrogens is 1. The van der Waals surface area contributed by atoms with E-state index in [1.165, 1.54) is 19.1 Å². The van der Waals surface area contributed by atoms with Crippen LogP contribution in [0, 0.1) is 0 Å². The van der Waals surface area contributed by atoms with Crippen LogP contribution in [-0.2, 0) is 12.4 Å². The molecule has 136 valence electrons. The van der Waals surface area contributed by atoms with Crippen molar-refractivity contribution in [3.05, 3.63) is 65.6 Å². The summed E-state index contributed by atoms with van der Waals surface area (Å²) >= 11 is -3.51. The predicted molar refractivity (Wildman–Crippen MR) is 100 cm³/mol. The van der Waals surface area contributed by atoms with Gasteiger partial charge in [0.15, 0.2) is 0 Å². The number of hydrogen-bond acceptors (Lipinski definition) is 6. The second kappa shape index (κ2) is 9.47. The minimum atomic E-state index is -5.11. The van der Waals surface area contributed by atoms with Crippen molar-refractivity contribution < 1.29 is 21.8 Å². The van der Waals surface area contributed by atoms with Gasteiger partial charge in [-0.05, 0) is 0 Å². The first-order valence-electron chi connectivity index (χ1n) is 7.40. The van der Waals surface area contributed by atoms with Crippen molar-refractivity contribution in [1.82, 2.24) is 4.98 Å². The molecule has 1 aromatic heterocycles. The Bertz CT molecular complexity index is 870. The van der Waals surface area contributed by atoms with Gasteiger partial charge in [0.1, 0.15) is 0 Å². The first-order valence-corrected chi connectivity index (χ1v) is 11.6. The molecule has 0 spiro atoms. The maximum absolute atomic E-state index is 12.0. The van der Waals surface area contributed by atoms with Gasteiger partial charge in [-0.2, -0.15) is 0 Å². The summed E-state index contributed by atoms with van der Waals surface area (Å²) in [5, 5.41) is 13.0. The summed E-state index contributed by atoms with van der Waals surface area (Å²) in [6.45, 7) is 1.28. The number of thiazole rings is 1. The summed E-state index contributed by atoms with van der Waals surface area (Å²) in [5.41, 5.74) is 3.44. The molecule has 7 nitrogen and oxygen atoms in total. The molecule has 9 heteroatoms. The Kier molecular flexibility index (Phi) is 7.32. The van der Waals surface area contributed by atoms with Gasteiger partial charge in [0.25, 0.3) is 0 Å². The van der Waals surface area contributed by atoms with Crippen LogP contribution in [0.15, 0.2) is 65.6 Å². The second-order valence-electron chi connectivity index (χ2n) is 5.06. The van der Waals surface area contributed by atoms with Crippen LogP contribution in [0.5, 0.6) is 0 Å². The summed E-state index contributed by atoms with van der Waals surface area (Å²) < 4.78 is 25.4. The minimum absolute atomic E-state index is 0.118. The molecule has 3 N–H and O–H groups in total. The number of rotatable bonds is 4. The molecule has 0 aliphatic heterocycles. The van der Waals surface area contributed by atoms with E-state index in [4.69, 9.17) is 5.26 Å². The maximum Gasteiger partial charge on any atom is 0.0791 e. The van der Waals surface area contributed by atoms with Gasteiger partial charge in [0, 0.05) is 11.6 Å². The molecule has 0 fully saturated rings. The fourth-order valence-electron chi connectivity index (χ4n) is 2.09. The Balaban J connectivity index is 0.000000417. The molecule has 2 aromatic carbocycles. The van der Waals surface area contributed by atoms with Crippen molar-refractivity contribution in [2.75, 3.05) is 5.32 Å². The minimum Gasteiger partial charge on any atom is -0.253 e. The number of nitrogens with one attached hydrogen (secondary N) is 1. The number of carbonyl (C=O) groups is 1. The van der Waals surface area contributed by atoms with E-state index in [0.29, 0.717) is 5.56 Å². The van der Waals surface area contributed by atoms with E-state index in [-0.39, 0.29) is 10.0 Å². The van der Waals surface area contributed by atoms with Gasteiger partial charge >= 0.3 is 124 Å². The Morgan fingerprint density at radius 3 is 2.42 bits per heavy atom. The van der Waals surface area contributed by atoms with Gasteiger partial charge in [-0.1, -0.05) is 0 Å². The molecule has 1 amide bonds. The summed E-state index contributed by atoms with van der Waals surface area (Å²) in [6, 6.07) is 13.8. The van der Waals surface area contributed by atoms with Crippen LogP contribution in [0.25, 0.3) is 11.1 Å². The number of nitrogens with zero attached hydrogens (tertiary/aromatic N) is 1. The van der Waals surface area contributed by atoms with Crippen molar-refractivity contribution in [2.24, 2.45) is 0 Å². The van der Waals surface area contributed by atoms with Crippen molar-refractivity contribution in [3.8, 4) is 11.1 Å². The molecule has 0 radical (unpaired) electrons. The van der Waals surface area contributed by atoms with Gasteiger partial charge in [0.05, 0.1) is 5.51 Å². The van der Waals surface area contributed by atoms with Crippen molar-refractivity contribution in [2.45, 2.75) is 6.92 Å². The zero-order chi connectivity index (χ0) is 19.0. The molecule has 26 heavy (non-hydrogen) atoms. The standard InChI is InChI=1S/C14H14AsNO5.C3H3NS/c1-10(17)16-14-8-7-12(11-5-3-2-4-6-11)9-13(14)15(18,19)21-20;1-2-5-3-4-1/h2-9,20H,1H3,(H,16,17)(H,18,19);1-3H. The quantitative estimate of drug-likeness (QED) is 0.330. The largest absolute Gasteiger partial charge is 0.253 e. The van der Waals surface area contributed by atoms with Gasteiger partial charge in [-0.3, -0.25) is 4.98 Å². The summed E-state index contributed by atoms with van der Waals surface area (Å²) in [6.07, 6.45) is 1.77. The van der Waals surface area contributed by atoms with Crippen LogP contribution in [-0.4, -0.2) is 34.4 Å². The molecule has 0 saturated heterocycles. The van der Waals surface area contributed by atoms with Gasteiger partial charge < -0.3 is 0 Å². The number of anilines is 1. The van der Waals surface area contributed by atoms with Crippen LogP contribution in [0.4, 0.5) is 5.69 Å². The van der Waals surface area contributed by atoms with Crippen molar-refractivity contribution in [3.63, 3.8) is 0 Å². The van der Waals surface area contributed by atoms with Gasteiger partial charge in [-0.15, -0.1) is 11.3 Å². The van der Waals surface area contributed by atoms with Crippen LogP contribution >= 0.6 is 11.3 Å². The van der Waals surface area contributed by atoms with E-state index in [1.54, 1.807) is 29.1 Å². The zero-order valence-electron chi connectivity index (χ0n) is 13.8. The van der Waals surface area contributed by atoms with Crippen molar-refractivity contribution >= 4 is 41.5 Å². The van der Waals surface area contributed by atoms with Crippen LogP contribution < -0.4 is 9.67 Å². The second-order valence-corrected chi connectivity index (χ2v) is 9.35. The molecule has 1 heterocycles. The number of amides is 1. The third-order valence-electron chi connectivity index (χ3n) is 3.18. The van der Waals surface area contributed by atoms with Gasteiger partial charge in [-0.25, -0.2) is 0 Å². The SMILES string of the molecule is CC(=O)Nc1ccc(-c2ccccc2)cc1[As](=O)(O)OO.c1cscn1. The van der Waals surface area contributed by atoms with Gasteiger partial charge in [0.2, 0.25) is 0 Å². The molecular formula is C17H17AsN2O5S. The Morgan fingerprint density at radius 1 is 1.19 bits per heavy atom. The molecular weight excluding hydrogens is 419 g/mol. The first kappa shape index (κ1) is 20.1. The van der Waals surface area contributed by atoms with E-state index in [1.807, 2.05) is 35.7 Å². The average Bonchev–Trinajstić information content (AvgIpc) is 3.22. The average molecular weight is 436 g/mol. The molecule has 1 unspecified atom stereocenters. The van der Waals surface area contributed by atoms with Crippen molar-refractivity contribution in [1.29, 1.82) is 0 Å². The Labute approximate surface area is 157 Å². The topological polar surface area (TPSA) is 109 Å². The van der Waals surface area contributed by atoms with E-state index >= 15 is 0 Å². The molecule has 0 saturated carbocycles. The van der Waals surface area contributed by atoms with E-state index < -0.39 is 20.1 Å². The van der Waals surface area contributed by atoms with Crippen LogP contribution in [0.1, 0.15) is 6.92 Å². The number of benzene rings is 2. The Hall–Kier alpha value is -2.22.